The molecule has 9 heteroatoms. The molecule has 3 rings (SSSR count). The van der Waals surface area contributed by atoms with Crippen molar-refractivity contribution < 1.29 is 14.3 Å². The van der Waals surface area contributed by atoms with Crippen molar-refractivity contribution in [1.29, 1.82) is 0 Å². The summed E-state index contributed by atoms with van der Waals surface area (Å²) in [7, 11) is 3.24. The quantitative estimate of drug-likeness (QED) is 0.389. The minimum absolute atomic E-state index is 0.137. The first kappa shape index (κ1) is 28.0. The Morgan fingerprint density at radius 2 is 2.11 bits per heavy atom. The lowest BCUT2D eigenvalue weighted by molar-refractivity contribution is -0.127. The number of likely N-dealkylation sites (N-methyl/N-ethyl adjacent to an activating group) is 1. The molecule has 1 fully saturated rings. The van der Waals surface area contributed by atoms with Gasteiger partial charge in [-0.1, -0.05) is 31.4 Å². The molecule has 1 aromatic carbocycles. The molecule has 0 spiro atoms. The van der Waals surface area contributed by atoms with Crippen LogP contribution in [0.2, 0.25) is 0 Å². The minimum atomic E-state index is -0.192. The van der Waals surface area contributed by atoms with Crippen molar-refractivity contribution in [3.8, 4) is 28.8 Å². The Morgan fingerprint density at radius 3 is 2.74 bits per heavy atom. The number of aryl methyl sites for hydroxylation is 1. The third kappa shape index (κ3) is 6.79. The molecule has 0 bridgehead atoms. The normalized spacial score (nSPS) is 13.4. The number of hydrogen-bond acceptors (Lipinski definition) is 7. The number of allylic oxidation sites excluding steroid dienone is 3. The Morgan fingerprint density at radius 1 is 1.32 bits per heavy atom. The van der Waals surface area contributed by atoms with Crippen LogP contribution in [0, 0.1) is 11.8 Å². The third-order valence-corrected chi connectivity index (χ3v) is 6.18. The molecule has 9 nitrogen and oxygen atoms in total. The Labute approximate surface area is 223 Å². The largest absolute Gasteiger partial charge is 0.496 e. The van der Waals surface area contributed by atoms with Crippen LogP contribution in [-0.4, -0.2) is 65.4 Å². The zero-order valence-electron chi connectivity index (χ0n) is 22.2. The fourth-order valence-corrected chi connectivity index (χ4v) is 4.04. The monoisotopic (exact) mass is 514 g/mol. The molecule has 2 aromatic rings. The standard InChI is InChI=1S/C29H34N6O3/c1-5-25-23(12-10-21(18-30)9-8-20(2)31)28(33-19-32-25)22-11-13-24(26(17-22)38-4)29(37)34(3)15-16-35-14-6-7-27(35)36/h8-9,11,13,17-19H,2,5-7,14-16,30-31H2,1,3-4H3/b9-8-,21-18+. The summed E-state index contributed by atoms with van der Waals surface area (Å²) in [5, 5.41) is 0. The van der Waals surface area contributed by atoms with Gasteiger partial charge in [0.05, 0.1) is 29.6 Å². The van der Waals surface area contributed by atoms with Crippen LogP contribution >= 0.6 is 0 Å². The summed E-state index contributed by atoms with van der Waals surface area (Å²) in [5.41, 5.74) is 15.5. The molecular weight excluding hydrogens is 480 g/mol. The zero-order valence-corrected chi connectivity index (χ0v) is 22.2. The fourth-order valence-electron chi connectivity index (χ4n) is 4.04. The number of benzene rings is 1. The highest BCUT2D eigenvalue weighted by molar-refractivity contribution is 5.97. The highest BCUT2D eigenvalue weighted by Gasteiger charge is 2.23. The van der Waals surface area contributed by atoms with E-state index >= 15 is 0 Å². The number of ether oxygens (including phenoxy) is 1. The molecule has 198 valence electrons. The van der Waals surface area contributed by atoms with E-state index in [1.807, 2.05) is 13.0 Å². The highest BCUT2D eigenvalue weighted by Crippen LogP contribution is 2.30. The number of hydrogen-bond donors (Lipinski definition) is 2. The van der Waals surface area contributed by atoms with Crippen molar-refractivity contribution in [2.45, 2.75) is 26.2 Å². The molecule has 0 atom stereocenters. The molecule has 1 aliphatic rings. The Bertz CT molecular complexity index is 1340. The number of amides is 2. The Hall–Kier alpha value is -4.58. The Kier molecular flexibility index (Phi) is 9.66. The van der Waals surface area contributed by atoms with Crippen molar-refractivity contribution in [2.24, 2.45) is 11.5 Å². The second-order valence-corrected chi connectivity index (χ2v) is 8.80. The van der Waals surface area contributed by atoms with Gasteiger partial charge in [-0.05, 0) is 37.1 Å². The number of rotatable bonds is 9. The van der Waals surface area contributed by atoms with Gasteiger partial charge in [-0.25, -0.2) is 9.97 Å². The van der Waals surface area contributed by atoms with E-state index in [2.05, 4.69) is 28.4 Å². The molecule has 0 saturated carbocycles. The molecule has 0 aliphatic carbocycles. The van der Waals surface area contributed by atoms with Gasteiger partial charge in [0.2, 0.25) is 5.91 Å². The molecule has 2 heterocycles. The summed E-state index contributed by atoms with van der Waals surface area (Å²) in [4.78, 5) is 37.4. The van der Waals surface area contributed by atoms with Crippen LogP contribution in [0.4, 0.5) is 0 Å². The van der Waals surface area contributed by atoms with Crippen LogP contribution in [0.1, 0.15) is 41.4 Å². The van der Waals surface area contributed by atoms with Gasteiger partial charge in [-0.15, -0.1) is 0 Å². The fraction of sp³-hybridized carbons (Fsp3) is 0.310. The molecule has 1 aliphatic heterocycles. The van der Waals surface area contributed by atoms with Gasteiger partial charge in [0.1, 0.15) is 12.1 Å². The molecule has 38 heavy (non-hydrogen) atoms. The van der Waals surface area contributed by atoms with Gasteiger partial charge < -0.3 is 26.0 Å². The van der Waals surface area contributed by atoms with Crippen LogP contribution in [0.5, 0.6) is 5.75 Å². The first-order valence-corrected chi connectivity index (χ1v) is 12.4. The van der Waals surface area contributed by atoms with Crippen LogP contribution in [0.3, 0.4) is 0 Å². The average molecular weight is 515 g/mol. The van der Waals surface area contributed by atoms with Gasteiger partial charge in [0, 0.05) is 56.1 Å². The summed E-state index contributed by atoms with van der Waals surface area (Å²) in [5.74, 6) is 6.56. The molecule has 1 saturated heterocycles. The maximum absolute atomic E-state index is 13.2. The van der Waals surface area contributed by atoms with Crippen LogP contribution in [0.15, 0.2) is 60.7 Å². The predicted molar refractivity (Wildman–Crippen MR) is 148 cm³/mol. The maximum Gasteiger partial charge on any atom is 0.257 e. The second kappa shape index (κ2) is 13.1. The van der Waals surface area contributed by atoms with Crippen LogP contribution < -0.4 is 16.2 Å². The molecule has 0 radical (unpaired) electrons. The number of aromatic nitrogens is 2. The van der Waals surface area contributed by atoms with Crippen molar-refractivity contribution in [2.75, 3.05) is 33.8 Å². The number of carbonyl (C=O) groups is 2. The van der Waals surface area contributed by atoms with E-state index in [1.165, 1.54) is 19.6 Å². The van der Waals surface area contributed by atoms with Crippen molar-refractivity contribution in [3.63, 3.8) is 0 Å². The molecule has 4 N–H and O–H groups in total. The Balaban J connectivity index is 1.92. The average Bonchev–Trinajstić information content (AvgIpc) is 3.35. The lowest BCUT2D eigenvalue weighted by atomic mass is 10.0. The first-order chi connectivity index (χ1) is 18.3. The summed E-state index contributed by atoms with van der Waals surface area (Å²) in [6.45, 7) is 7.31. The molecule has 0 unspecified atom stereocenters. The SMILES string of the molecule is C=C(N)/C=C\C(C#Cc1c(CC)ncnc1-c1ccc(C(=O)N(C)CCN2CCCC2=O)c(OC)c1)=C/N. The van der Waals surface area contributed by atoms with E-state index in [9.17, 15) is 9.59 Å². The highest BCUT2D eigenvalue weighted by atomic mass is 16.5. The van der Waals surface area contributed by atoms with Gasteiger partial charge in [0.25, 0.3) is 5.91 Å². The van der Waals surface area contributed by atoms with E-state index in [0.29, 0.717) is 59.8 Å². The van der Waals surface area contributed by atoms with Gasteiger partial charge in [-0.2, -0.15) is 0 Å². The van der Waals surface area contributed by atoms with Gasteiger partial charge in [-0.3, -0.25) is 9.59 Å². The number of methoxy groups -OCH3 is 1. The predicted octanol–water partition coefficient (Wildman–Crippen LogP) is 2.63. The van der Waals surface area contributed by atoms with Crippen molar-refractivity contribution in [1.82, 2.24) is 19.8 Å². The van der Waals surface area contributed by atoms with E-state index in [0.717, 1.165) is 24.2 Å². The summed E-state index contributed by atoms with van der Waals surface area (Å²) < 4.78 is 5.59. The number of nitrogens with zero attached hydrogens (tertiary/aromatic N) is 4. The van der Waals surface area contributed by atoms with Crippen molar-refractivity contribution in [3.05, 3.63) is 77.5 Å². The number of likely N-dealkylation sites (tertiary alicyclic amines) is 1. The molecule has 2 amide bonds. The topological polar surface area (TPSA) is 128 Å². The number of nitrogens with two attached hydrogens (primary N) is 2. The lowest BCUT2D eigenvalue weighted by Crippen LogP contribution is -2.37. The van der Waals surface area contributed by atoms with E-state index in [4.69, 9.17) is 16.2 Å². The zero-order chi connectivity index (χ0) is 27.7. The third-order valence-electron chi connectivity index (χ3n) is 6.18. The minimum Gasteiger partial charge on any atom is -0.496 e. The second-order valence-electron chi connectivity index (χ2n) is 8.80. The summed E-state index contributed by atoms with van der Waals surface area (Å²) in [6.07, 6.45) is 8.28. The number of carbonyl (C=O) groups excluding carboxylic acids is 2. The summed E-state index contributed by atoms with van der Waals surface area (Å²) >= 11 is 0. The lowest BCUT2D eigenvalue weighted by Gasteiger charge is -2.22. The van der Waals surface area contributed by atoms with E-state index in [1.54, 1.807) is 41.1 Å². The maximum atomic E-state index is 13.2. The van der Waals surface area contributed by atoms with E-state index in [-0.39, 0.29) is 11.8 Å². The van der Waals surface area contributed by atoms with Crippen LogP contribution in [-0.2, 0) is 11.2 Å². The van der Waals surface area contributed by atoms with Gasteiger partial charge in [0.15, 0.2) is 0 Å². The van der Waals surface area contributed by atoms with Gasteiger partial charge >= 0.3 is 0 Å². The molecular formula is C29H34N6O3. The summed E-state index contributed by atoms with van der Waals surface area (Å²) in [6, 6.07) is 5.31. The molecule has 1 aromatic heterocycles. The van der Waals surface area contributed by atoms with Crippen molar-refractivity contribution >= 4 is 11.8 Å². The van der Waals surface area contributed by atoms with Crippen LogP contribution in [0.25, 0.3) is 11.3 Å². The first-order valence-electron chi connectivity index (χ1n) is 12.4. The van der Waals surface area contributed by atoms with E-state index < -0.39 is 0 Å². The smallest absolute Gasteiger partial charge is 0.257 e.